The molecule has 1 N–H and O–H groups in total. The van der Waals surface area contributed by atoms with Crippen molar-refractivity contribution in [3.63, 3.8) is 0 Å². The van der Waals surface area contributed by atoms with E-state index in [1.165, 1.54) is 18.2 Å². The molecule has 0 saturated carbocycles. The summed E-state index contributed by atoms with van der Waals surface area (Å²) in [5.41, 5.74) is -0.166. The Hall–Kier alpha value is -4.26. The predicted octanol–water partition coefficient (Wildman–Crippen LogP) is 2.68. The molecule has 0 aliphatic carbocycles. The average molecular weight is 409 g/mol. The molecule has 2 aliphatic rings. The SMILES string of the molecule is N#C/C(=C\c1ccc2c(c1)OCCO2)C(=O)Nc1cc2c(cc1[N+](=O)[O-])OCCO2. The Balaban J connectivity index is 1.61. The van der Waals surface area contributed by atoms with E-state index in [2.05, 4.69) is 5.32 Å². The summed E-state index contributed by atoms with van der Waals surface area (Å²) in [7, 11) is 0. The van der Waals surface area contributed by atoms with Crippen molar-refractivity contribution in [1.82, 2.24) is 0 Å². The summed E-state index contributed by atoms with van der Waals surface area (Å²) >= 11 is 0. The van der Waals surface area contributed by atoms with E-state index in [0.29, 0.717) is 30.3 Å². The van der Waals surface area contributed by atoms with Gasteiger partial charge in [0.2, 0.25) is 0 Å². The van der Waals surface area contributed by atoms with Gasteiger partial charge >= 0.3 is 0 Å². The zero-order valence-electron chi connectivity index (χ0n) is 15.5. The van der Waals surface area contributed by atoms with Gasteiger partial charge in [-0.2, -0.15) is 5.26 Å². The number of nitro benzene ring substituents is 1. The molecule has 30 heavy (non-hydrogen) atoms. The monoisotopic (exact) mass is 409 g/mol. The van der Waals surface area contributed by atoms with Crippen LogP contribution in [0.4, 0.5) is 11.4 Å². The van der Waals surface area contributed by atoms with Gasteiger partial charge in [0.05, 0.1) is 11.0 Å². The van der Waals surface area contributed by atoms with Crippen molar-refractivity contribution < 1.29 is 28.7 Å². The number of amides is 1. The number of nitrogens with zero attached hydrogens (tertiary/aromatic N) is 2. The third-order valence-corrected chi connectivity index (χ3v) is 4.35. The Kier molecular flexibility index (Phi) is 5.09. The number of nitrogens with one attached hydrogen (secondary N) is 1. The van der Waals surface area contributed by atoms with Gasteiger partial charge in [-0.25, -0.2) is 0 Å². The maximum atomic E-state index is 12.6. The molecule has 0 atom stereocenters. The second-order valence-corrected chi connectivity index (χ2v) is 6.30. The summed E-state index contributed by atoms with van der Waals surface area (Å²) in [4.78, 5) is 23.4. The van der Waals surface area contributed by atoms with Crippen LogP contribution in [0.2, 0.25) is 0 Å². The zero-order valence-corrected chi connectivity index (χ0v) is 15.5. The van der Waals surface area contributed by atoms with Crippen LogP contribution in [0.25, 0.3) is 6.08 Å². The topological polar surface area (TPSA) is 133 Å². The van der Waals surface area contributed by atoms with E-state index in [1.807, 2.05) is 6.07 Å². The number of anilines is 1. The first-order chi connectivity index (χ1) is 14.5. The molecule has 0 unspecified atom stereocenters. The fraction of sp³-hybridized carbons (Fsp3) is 0.200. The number of carbonyl (C=O) groups is 1. The van der Waals surface area contributed by atoms with E-state index in [-0.39, 0.29) is 41.7 Å². The van der Waals surface area contributed by atoms with Gasteiger partial charge in [-0.1, -0.05) is 6.07 Å². The number of benzene rings is 2. The molecule has 152 valence electrons. The lowest BCUT2D eigenvalue weighted by atomic mass is 10.1. The molecule has 10 heteroatoms. The summed E-state index contributed by atoms with van der Waals surface area (Å²) in [6.45, 7) is 1.40. The third kappa shape index (κ3) is 3.81. The van der Waals surface area contributed by atoms with Gasteiger partial charge < -0.3 is 24.3 Å². The van der Waals surface area contributed by atoms with Crippen molar-refractivity contribution in [2.75, 3.05) is 31.7 Å². The second kappa shape index (κ2) is 8.00. The molecule has 0 aromatic heterocycles. The number of nitro groups is 1. The quantitative estimate of drug-likeness (QED) is 0.353. The van der Waals surface area contributed by atoms with E-state index in [0.717, 1.165) is 0 Å². The fourth-order valence-corrected chi connectivity index (χ4v) is 2.98. The van der Waals surface area contributed by atoms with E-state index < -0.39 is 10.8 Å². The summed E-state index contributed by atoms with van der Waals surface area (Å²) < 4.78 is 21.7. The molecule has 10 nitrogen and oxygen atoms in total. The Morgan fingerprint density at radius 1 is 1.00 bits per heavy atom. The standard InChI is InChI=1S/C20H15N3O7/c21-11-13(7-12-1-2-16-17(8-12)28-4-3-27-16)20(24)22-14-9-18-19(30-6-5-29-18)10-15(14)23(25)26/h1-2,7-10H,3-6H2,(H,22,24)/b13-7+. The molecule has 2 aromatic rings. The highest BCUT2D eigenvalue weighted by molar-refractivity contribution is 6.10. The largest absolute Gasteiger partial charge is 0.486 e. The molecule has 1 amide bonds. The molecule has 2 aliphatic heterocycles. The van der Waals surface area contributed by atoms with Gasteiger partial charge in [-0.05, 0) is 23.8 Å². The molecule has 2 heterocycles. The first kappa shape index (κ1) is 19.1. The smallest absolute Gasteiger partial charge is 0.296 e. The lowest BCUT2D eigenvalue weighted by Crippen LogP contribution is -2.18. The number of rotatable bonds is 4. The Labute approximate surface area is 170 Å². The highest BCUT2D eigenvalue weighted by atomic mass is 16.6. The van der Waals surface area contributed by atoms with Gasteiger partial charge in [0, 0.05) is 6.07 Å². The Morgan fingerprint density at radius 3 is 2.23 bits per heavy atom. The first-order valence-electron chi connectivity index (χ1n) is 8.96. The van der Waals surface area contributed by atoms with Gasteiger partial charge in [-0.3, -0.25) is 14.9 Å². The summed E-state index contributed by atoms with van der Waals surface area (Å²) in [6, 6.07) is 9.30. The minimum absolute atomic E-state index is 0.0995. The first-order valence-corrected chi connectivity index (χ1v) is 8.96. The van der Waals surface area contributed by atoms with Crippen molar-refractivity contribution in [3.05, 3.63) is 51.6 Å². The molecule has 0 radical (unpaired) electrons. The van der Waals surface area contributed by atoms with Crippen LogP contribution in [0.5, 0.6) is 23.0 Å². The maximum Gasteiger partial charge on any atom is 0.296 e. The number of hydrogen-bond acceptors (Lipinski definition) is 8. The number of fused-ring (bicyclic) bond motifs is 2. The van der Waals surface area contributed by atoms with E-state index in [1.54, 1.807) is 18.2 Å². The predicted molar refractivity (Wildman–Crippen MR) is 104 cm³/mol. The van der Waals surface area contributed by atoms with Crippen molar-refractivity contribution in [1.29, 1.82) is 5.26 Å². The summed E-state index contributed by atoms with van der Waals surface area (Å²) in [5, 5.41) is 23.3. The highest BCUT2D eigenvalue weighted by Crippen LogP contribution is 2.39. The van der Waals surface area contributed by atoms with Crippen LogP contribution < -0.4 is 24.3 Å². The normalized spacial score (nSPS) is 14.4. The van der Waals surface area contributed by atoms with Crippen molar-refractivity contribution in [2.45, 2.75) is 0 Å². The average Bonchev–Trinajstić information content (AvgIpc) is 2.76. The summed E-state index contributed by atoms with van der Waals surface area (Å²) in [5.74, 6) is 0.783. The van der Waals surface area contributed by atoms with Crippen molar-refractivity contribution in [3.8, 4) is 29.1 Å². The number of hydrogen-bond donors (Lipinski definition) is 1. The minimum atomic E-state index is -0.799. The lowest BCUT2D eigenvalue weighted by molar-refractivity contribution is -0.384. The number of ether oxygens (including phenoxy) is 4. The molecule has 0 bridgehead atoms. The van der Waals surface area contributed by atoms with Gasteiger partial charge in [0.15, 0.2) is 23.0 Å². The van der Waals surface area contributed by atoms with Crippen LogP contribution >= 0.6 is 0 Å². The highest BCUT2D eigenvalue weighted by Gasteiger charge is 2.24. The molecular weight excluding hydrogens is 394 g/mol. The minimum Gasteiger partial charge on any atom is -0.486 e. The Bertz CT molecular complexity index is 1100. The molecule has 0 fully saturated rings. The fourth-order valence-electron chi connectivity index (χ4n) is 2.98. The van der Waals surface area contributed by atoms with E-state index in [9.17, 15) is 20.2 Å². The zero-order chi connectivity index (χ0) is 21.1. The second-order valence-electron chi connectivity index (χ2n) is 6.30. The molecule has 0 spiro atoms. The number of nitriles is 1. The van der Waals surface area contributed by atoms with E-state index in [4.69, 9.17) is 18.9 Å². The lowest BCUT2D eigenvalue weighted by Gasteiger charge is -2.19. The number of carbonyl (C=O) groups excluding carboxylic acids is 1. The Morgan fingerprint density at radius 2 is 1.60 bits per heavy atom. The van der Waals surface area contributed by atoms with Crippen LogP contribution in [0.15, 0.2) is 35.9 Å². The third-order valence-electron chi connectivity index (χ3n) is 4.35. The van der Waals surface area contributed by atoms with Crippen molar-refractivity contribution in [2.24, 2.45) is 0 Å². The maximum absolute atomic E-state index is 12.6. The van der Waals surface area contributed by atoms with Crippen molar-refractivity contribution >= 4 is 23.4 Å². The molecular formula is C20H15N3O7. The van der Waals surface area contributed by atoms with Gasteiger partial charge in [-0.15, -0.1) is 0 Å². The van der Waals surface area contributed by atoms with E-state index >= 15 is 0 Å². The van der Waals surface area contributed by atoms with Crippen LogP contribution in [0, 0.1) is 21.4 Å². The van der Waals surface area contributed by atoms with Crippen LogP contribution in [-0.4, -0.2) is 37.3 Å². The van der Waals surface area contributed by atoms with Crippen LogP contribution in [0.1, 0.15) is 5.56 Å². The van der Waals surface area contributed by atoms with Crippen LogP contribution in [0.3, 0.4) is 0 Å². The molecule has 4 rings (SSSR count). The molecule has 2 aromatic carbocycles. The van der Waals surface area contributed by atoms with Crippen LogP contribution in [-0.2, 0) is 4.79 Å². The summed E-state index contributed by atoms with van der Waals surface area (Å²) in [6.07, 6.45) is 1.36. The molecule has 0 saturated heterocycles. The van der Waals surface area contributed by atoms with Gasteiger partial charge in [0.25, 0.3) is 11.6 Å². The van der Waals surface area contributed by atoms with Gasteiger partial charge in [0.1, 0.15) is 43.8 Å².